The number of carbonyl (C=O) groups is 1. The smallest absolute Gasteiger partial charge is 0.265 e. The zero-order chi connectivity index (χ0) is 18.5. The second-order valence-corrected chi connectivity index (χ2v) is 5.61. The van der Waals surface area contributed by atoms with Gasteiger partial charge in [-0.25, -0.2) is 4.68 Å². The Morgan fingerprint density at radius 2 is 2.12 bits per heavy atom. The van der Waals surface area contributed by atoms with E-state index in [9.17, 15) is 4.79 Å². The molecule has 1 N–H and O–H groups in total. The summed E-state index contributed by atoms with van der Waals surface area (Å²) in [5.41, 5.74) is 2.69. The lowest BCUT2D eigenvalue weighted by Gasteiger charge is -2.16. The minimum Gasteiger partial charge on any atom is -0.480 e. The predicted molar refractivity (Wildman–Crippen MR) is 93.8 cm³/mol. The third-order valence-corrected chi connectivity index (χ3v) is 3.75. The van der Waals surface area contributed by atoms with Crippen LogP contribution in [0.25, 0.3) is 5.69 Å². The highest BCUT2D eigenvalue weighted by molar-refractivity contribution is 5.94. The zero-order valence-electron chi connectivity index (χ0n) is 14.2. The van der Waals surface area contributed by atoms with Crippen molar-refractivity contribution in [3.8, 4) is 17.5 Å². The van der Waals surface area contributed by atoms with Gasteiger partial charge in [-0.15, -0.1) is 5.10 Å². The van der Waals surface area contributed by atoms with E-state index in [4.69, 9.17) is 10.00 Å². The molecule has 3 aromatic rings. The highest BCUT2D eigenvalue weighted by Gasteiger charge is 2.17. The van der Waals surface area contributed by atoms with Gasteiger partial charge in [0.25, 0.3) is 5.91 Å². The molecule has 1 aromatic heterocycles. The topological polar surface area (TPSA) is 106 Å². The largest absolute Gasteiger partial charge is 0.480 e. The van der Waals surface area contributed by atoms with Crippen LogP contribution in [0.5, 0.6) is 5.75 Å². The van der Waals surface area contributed by atoms with Crippen LogP contribution in [-0.2, 0) is 4.79 Å². The number of nitrogens with zero attached hydrogens (tertiary/aromatic N) is 5. The molecule has 2 aromatic carbocycles. The van der Waals surface area contributed by atoms with Gasteiger partial charge in [-0.3, -0.25) is 4.79 Å². The third kappa shape index (κ3) is 3.67. The van der Waals surface area contributed by atoms with E-state index in [2.05, 4.69) is 20.8 Å². The number of hydrogen-bond donors (Lipinski definition) is 1. The van der Waals surface area contributed by atoms with E-state index in [-0.39, 0.29) is 5.91 Å². The van der Waals surface area contributed by atoms with Crippen molar-refractivity contribution in [3.05, 3.63) is 59.9 Å². The normalized spacial score (nSPS) is 11.4. The summed E-state index contributed by atoms with van der Waals surface area (Å²) in [6.45, 7) is 3.55. The standard InChI is InChI=1S/C18H16N6O2/c1-12-7-8-15(9-16(12)24-11-20-22-23-24)21-18(25)13(2)26-17-6-4-3-5-14(17)10-19/h3-9,11,13H,1-2H3,(H,21,25). The number of para-hydroxylation sites is 1. The highest BCUT2D eigenvalue weighted by Crippen LogP contribution is 2.20. The molecule has 1 atom stereocenters. The van der Waals surface area contributed by atoms with Gasteiger partial charge in [0.05, 0.1) is 11.3 Å². The van der Waals surface area contributed by atoms with Crippen molar-refractivity contribution < 1.29 is 9.53 Å². The van der Waals surface area contributed by atoms with Gasteiger partial charge >= 0.3 is 0 Å². The van der Waals surface area contributed by atoms with Gasteiger partial charge in [-0.2, -0.15) is 5.26 Å². The van der Waals surface area contributed by atoms with E-state index in [0.717, 1.165) is 11.3 Å². The summed E-state index contributed by atoms with van der Waals surface area (Å²) in [6, 6.07) is 14.3. The number of hydrogen-bond acceptors (Lipinski definition) is 6. The number of anilines is 1. The fourth-order valence-electron chi connectivity index (χ4n) is 2.36. The number of carbonyl (C=O) groups excluding carboxylic acids is 1. The molecule has 3 rings (SSSR count). The molecular weight excluding hydrogens is 332 g/mol. The molecule has 8 nitrogen and oxygen atoms in total. The Morgan fingerprint density at radius 3 is 2.85 bits per heavy atom. The van der Waals surface area contributed by atoms with Crippen LogP contribution in [0.2, 0.25) is 0 Å². The van der Waals surface area contributed by atoms with Crippen LogP contribution in [0, 0.1) is 18.3 Å². The maximum Gasteiger partial charge on any atom is 0.265 e. The molecule has 0 fully saturated rings. The Balaban J connectivity index is 1.74. The molecule has 1 amide bonds. The molecule has 1 heterocycles. The molecule has 0 bridgehead atoms. The predicted octanol–water partition coefficient (Wildman–Crippen LogP) is 2.25. The lowest BCUT2D eigenvalue weighted by atomic mass is 10.1. The lowest BCUT2D eigenvalue weighted by molar-refractivity contribution is -0.122. The van der Waals surface area contributed by atoms with Crippen LogP contribution in [0.3, 0.4) is 0 Å². The SMILES string of the molecule is Cc1ccc(NC(=O)C(C)Oc2ccccc2C#N)cc1-n1cnnn1. The quantitative estimate of drug-likeness (QED) is 0.758. The Morgan fingerprint density at radius 1 is 1.31 bits per heavy atom. The summed E-state index contributed by atoms with van der Waals surface area (Å²) in [7, 11) is 0. The molecular formula is C18H16N6O2. The molecule has 1 unspecified atom stereocenters. The van der Waals surface area contributed by atoms with Crippen LogP contribution in [0.15, 0.2) is 48.8 Å². The van der Waals surface area contributed by atoms with E-state index in [1.54, 1.807) is 43.3 Å². The molecule has 0 saturated heterocycles. The number of nitrogens with one attached hydrogen (secondary N) is 1. The maximum atomic E-state index is 12.4. The van der Waals surface area contributed by atoms with Gasteiger partial charge in [0.1, 0.15) is 18.1 Å². The summed E-state index contributed by atoms with van der Waals surface area (Å²) in [4.78, 5) is 12.4. The first kappa shape index (κ1) is 17.1. The van der Waals surface area contributed by atoms with Gasteiger partial charge in [-0.05, 0) is 54.1 Å². The van der Waals surface area contributed by atoms with Crippen LogP contribution in [0.1, 0.15) is 18.1 Å². The Hall–Kier alpha value is -3.73. The Labute approximate surface area is 150 Å². The first-order valence-electron chi connectivity index (χ1n) is 7.89. The molecule has 0 radical (unpaired) electrons. The van der Waals surface area contributed by atoms with Crippen molar-refractivity contribution in [2.24, 2.45) is 0 Å². The van der Waals surface area contributed by atoms with Crippen molar-refractivity contribution in [2.75, 3.05) is 5.32 Å². The maximum absolute atomic E-state index is 12.4. The second-order valence-electron chi connectivity index (χ2n) is 5.61. The number of aromatic nitrogens is 4. The minimum absolute atomic E-state index is 0.329. The second kappa shape index (κ2) is 7.44. The van der Waals surface area contributed by atoms with Crippen molar-refractivity contribution >= 4 is 11.6 Å². The molecule has 0 aliphatic rings. The average molecular weight is 348 g/mol. The van der Waals surface area contributed by atoms with Crippen molar-refractivity contribution in [3.63, 3.8) is 0 Å². The van der Waals surface area contributed by atoms with Crippen LogP contribution >= 0.6 is 0 Å². The van der Waals surface area contributed by atoms with E-state index >= 15 is 0 Å². The average Bonchev–Trinajstić information content (AvgIpc) is 3.18. The summed E-state index contributed by atoms with van der Waals surface area (Å²) in [6.07, 6.45) is 0.709. The van der Waals surface area contributed by atoms with Gasteiger partial charge in [0, 0.05) is 5.69 Å². The molecule has 0 saturated carbocycles. The summed E-state index contributed by atoms with van der Waals surface area (Å²) >= 11 is 0. The fourth-order valence-corrected chi connectivity index (χ4v) is 2.36. The Kier molecular flexibility index (Phi) is 4.90. The molecule has 0 aliphatic heterocycles. The molecule has 26 heavy (non-hydrogen) atoms. The van der Waals surface area contributed by atoms with E-state index in [1.165, 1.54) is 11.0 Å². The van der Waals surface area contributed by atoms with Crippen LogP contribution < -0.4 is 10.1 Å². The lowest BCUT2D eigenvalue weighted by Crippen LogP contribution is -2.30. The number of benzene rings is 2. The Bertz CT molecular complexity index is 962. The number of aryl methyl sites for hydroxylation is 1. The summed E-state index contributed by atoms with van der Waals surface area (Å²) in [5, 5.41) is 23.0. The molecule has 130 valence electrons. The van der Waals surface area contributed by atoms with Gasteiger partial charge in [0.15, 0.2) is 6.10 Å². The fraction of sp³-hybridized carbons (Fsp3) is 0.167. The highest BCUT2D eigenvalue weighted by atomic mass is 16.5. The van der Waals surface area contributed by atoms with Crippen LogP contribution in [-0.4, -0.2) is 32.2 Å². The van der Waals surface area contributed by atoms with Crippen LogP contribution in [0.4, 0.5) is 5.69 Å². The van der Waals surface area contributed by atoms with E-state index in [1.807, 2.05) is 19.1 Å². The summed E-state index contributed by atoms with van der Waals surface area (Å²) in [5.74, 6) is 0.0418. The molecule has 0 aliphatic carbocycles. The molecule has 0 spiro atoms. The number of rotatable bonds is 5. The van der Waals surface area contributed by atoms with Crippen molar-refractivity contribution in [1.82, 2.24) is 20.2 Å². The number of amides is 1. The summed E-state index contributed by atoms with van der Waals surface area (Å²) < 4.78 is 7.15. The first-order chi connectivity index (χ1) is 12.6. The van der Waals surface area contributed by atoms with E-state index < -0.39 is 6.10 Å². The monoisotopic (exact) mass is 348 g/mol. The van der Waals surface area contributed by atoms with E-state index in [0.29, 0.717) is 17.0 Å². The number of ether oxygens (including phenoxy) is 1. The minimum atomic E-state index is -0.776. The van der Waals surface area contributed by atoms with Crippen molar-refractivity contribution in [2.45, 2.75) is 20.0 Å². The van der Waals surface area contributed by atoms with Gasteiger partial charge in [-0.1, -0.05) is 18.2 Å². The third-order valence-electron chi connectivity index (χ3n) is 3.75. The number of tetrazole rings is 1. The van der Waals surface area contributed by atoms with Gasteiger partial charge < -0.3 is 10.1 Å². The zero-order valence-corrected chi connectivity index (χ0v) is 14.2. The van der Waals surface area contributed by atoms with Gasteiger partial charge in [0.2, 0.25) is 0 Å². The number of nitriles is 1. The van der Waals surface area contributed by atoms with Crippen molar-refractivity contribution in [1.29, 1.82) is 5.26 Å². The first-order valence-corrected chi connectivity index (χ1v) is 7.89. The molecule has 8 heteroatoms.